The van der Waals surface area contributed by atoms with Crippen molar-refractivity contribution < 1.29 is 19.4 Å². The van der Waals surface area contributed by atoms with E-state index in [0.717, 1.165) is 11.4 Å². The first-order valence-corrected chi connectivity index (χ1v) is 9.08. The predicted octanol–water partition coefficient (Wildman–Crippen LogP) is 4.29. The summed E-state index contributed by atoms with van der Waals surface area (Å²) in [6.07, 6.45) is 3.60. The molecule has 1 N–H and O–H groups in total. The maximum absolute atomic E-state index is 11.8. The number of benzene rings is 1. The van der Waals surface area contributed by atoms with Crippen LogP contribution in [0.25, 0.3) is 11.3 Å². The van der Waals surface area contributed by atoms with E-state index in [2.05, 4.69) is 4.98 Å². The molecule has 1 aromatic carbocycles. The fourth-order valence-corrected chi connectivity index (χ4v) is 2.96. The highest BCUT2D eigenvalue weighted by molar-refractivity contribution is 6.18. The van der Waals surface area contributed by atoms with Crippen molar-refractivity contribution >= 4 is 23.1 Å². The number of hydrogen-bond donors (Lipinski definition) is 1. The quantitative estimate of drug-likeness (QED) is 0.432. The summed E-state index contributed by atoms with van der Waals surface area (Å²) in [5.74, 6) is -0.417. The Morgan fingerprint density at radius 3 is 2.52 bits per heavy atom. The van der Waals surface area contributed by atoms with Gasteiger partial charge in [0.05, 0.1) is 30.7 Å². The summed E-state index contributed by atoms with van der Waals surface area (Å²) < 4.78 is 12.9. The van der Waals surface area contributed by atoms with Crippen molar-refractivity contribution in [2.45, 2.75) is 27.7 Å². The number of imidazole rings is 1. The van der Waals surface area contributed by atoms with E-state index >= 15 is 0 Å². The maximum Gasteiger partial charge on any atom is 0.371 e. The lowest BCUT2D eigenvalue weighted by Crippen LogP contribution is -2.18. The van der Waals surface area contributed by atoms with Crippen molar-refractivity contribution in [1.29, 1.82) is 0 Å². The van der Waals surface area contributed by atoms with Crippen LogP contribution in [0.4, 0.5) is 0 Å². The minimum absolute atomic E-state index is 0.101. The van der Waals surface area contributed by atoms with Gasteiger partial charge in [-0.1, -0.05) is 26.8 Å². The molecule has 0 aliphatic rings. The van der Waals surface area contributed by atoms with Gasteiger partial charge < -0.3 is 19.1 Å². The first-order chi connectivity index (χ1) is 12.7. The molecule has 7 heteroatoms. The van der Waals surface area contributed by atoms with Crippen molar-refractivity contribution in [3.8, 4) is 11.4 Å². The number of carboxylic acids is 1. The number of alkyl halides is 1. The molecule has 2 aromatic rings. The first kappa shape index (κ1) is 20.8. The number of aromatic nitrogens is 2. The molecular weight excluding hydrogens is 368 g/mol. The smallest absolute Gasteiger partial charge is 0.371 e. The van der Waals surface area contributed by atoms with E-state index in [-0.39, 0.29) is 18.2 Å². The van der Waals surface area contributed by atoms with E-state index in [0.29, 0.717) is 16.9 Å². The molecule has 0 saturated heterocycles. The largest absolute Gasteiger partial charge is 0.495 e. The zero-order valence-corrected chi connectivity index (χ0v) is 17.0. The van der Waals surface area contributed by atoms with Crippen molar-refractivity contribution in [2.75, 3.05) is 19.6 Å². The highest BCUT2D eigenvalue weighted by atomic mass is 35.5. The van der Waals surface area contributed by atoms with Gasteiger partial charge in [-0.2, -0.15) is 0 Å². The fraction of sp³-hybridized carbons (Fsp3) is 0.400. The van der Waals surface area contributed by atoms with E-state index < -0.39 is 11.4 Å². The Kier molecular flexibility index (Phi) is 6.54. The SMILES string of the molecule is COc1cc(C(=C(OCCCl)C(=O)O)C(C)(C)C)ccc1-n1cnc(C)c1. The molecular formula is C20H25ClN2O4. The molecule has 0 amide bonds. The normalized spacial score (nSPS) is 12.5. The van der Waals surface area contributed by atoms with Gasteiger partial charge in [0.25, 0.3) is 0 Å². The molecule has 2 rings (SSSR count). The molecule has 0 radical (unpaired) electrons. The lowest BCUT2D eigenvalue weighted by molar-refractivity contribution is -0.136. The zero-order chi connectivity index (χ0) is 20.2. The van der Waals surface area contributed by atoms with Crippen LogP contribution < -0.4 is 4.74 Å². The van der Waals surface area contributed by atoms with E-state index in [1.165, 1.54) is 0 Å². The Balaban J connectivity index is 2.65. The molecule has 0 spiro atoms. The van der Waals surface area contributed by atoms with Crippen molar-refractivity contribution in [1.82, 2.24) is 9.55 Å². The van der Waals surface area contributed by atoms with Crippen LogP contribution in [0.5, 0.6) is 5.75 Å². The molecule has 0 aliphatic heterocycles. The second kappa shape index (κ2) is 8.48. The number of allylic oxidation sites excluding steroid dienone is 1. The predicted molar refractivity (Wildman–Crippen MR) is 106 cm³/mol. The van der Waals surface area contributed by atoms with Gasteiger partial charge in [0.1, 0.15) is 12.4 Å². The lowest BCUT2D eigenvalue weighted by atomic mass is 9.81. The minimum atomic E-state index is -1.13. The third-order valence-corrected chi connectivity index (χ3v) is 4.11. The highest BCUT2D eigenvalue weighted by Gasteiger charge is 2.28. The average Bonchev–Trinajstić information content (AvgIpc) is 3.02. The maximum atomic E-state index is 11.8. The van der Waals surface area contributed by atoms with Crippen molar-refractivity contribution in [2.24, 2.45) is 5.41 Å². The van der Waals surface area contributed by atoms with Crippen LogP contribution in [0.15, 0.2) is 36.5 Å². The van der Waals surface area contributed by atoms with Crippen LogP contribution in [-0.2, 0) is 9.53 Å². The third-order valence-electron chi connectivity index (χ3n) is 3.95. The Bertz CT molecular complexity index is 850. The van der Waals surface area contributed by atoms with Gasteiger partial charge in [0, 0.05) is 11.8 Å². The van der Waals surface area contributed by atoms with Crippen molar-refractivity contribution in [3.63, 3.8) is 0 Å². The fourth-order valence-electron chi connectivity index (χ4n) is 2.89. The first-order valence-electron chi connectivity index (χ1n) is 8.55. The molecule has 0 bridgehead atoms. The van der Waals surface area contributed by atoms with Gasteiger partial charge in [-0.15, -0.1) is 11.6 Å². The van der Waals surface area contributed by atoms with Gasteiger partial charge in [-0.3, -0.25) is 0 Å². The van der Waals surface area contributed by atoms with E-state index in [9.17, 15) is 9.90 Å². The third kappa shape index (κ3) is 4.83. The average molecular weight is 393 g/mol. The summed E-state index contributed by atoms with van der Waals surface area (Å²) in [6.45, 7) is 7.84. The number of nitrogens with zero attached hydrogens (tertiary/aromatic N) is 2. The summed E-state index contributed by atoms with van der Waals surface area (Å²) in [7, 11) is 1.58. The second-order valence-electron chi connectivity index (χ2n) is 7.11. The Morgan fingerprint density at radius 2 is 2.04 bits per heavy atom. The molecule has 1 heterocycles. The van der Waals surface area contributed by atoms with Gasteiger partial charge in [0.15, 0.2) is 0 Å². The van der Waals surface area contributed by atoms with Crippen LogP contribution in [0.2, 0.25) is 0 Å². The topological polar surface area (TPSA) is 73.6 Å². The Hall–Kier alpha value is -2.47. The zero-order valence-electron chi connectivity index (χ0n) is 16.2. The minimum Gasteiger partial charge on any atom is -0.495 e. The standard InChI is InChI=1S/C20H25ClN2O4/c1-13-11-23(12-22-13)15-7-6-14(10-16(15)26-5)17(20(2,3)4)18(19(24)25)27-9-8-21/h6-7,10-12H,8-9H2,1-5H3,(H,24,25). The van der Waals surface area contributed by atoms with Crippen LogP contribution in [0.3, 0.4) is 0 Å². The van der Waals surface area contributed by atoms with Gasteiger partial charge in [-0.05, 0) is 30.0 Å². The number of ether oxygens (including phenoxy) is 2. The number of carbonyl (C=O) groups is 1. The Morgan fingerprint density at radius 1 is 1.33 bits per heavy atom. The monoisotopic (exact) mass is 392 g/mol. The van der Waals surface area contributed by atoms with Crippen LogP contribution in [0, 0.1) is 12.3 Å². The van der Waals surface area contributed by atoms with Crippen LogP contribution in [0.1, 0.15) is 32.0 Å². The van der Waals surface area contributed by atoms with E-state index in [1.807, 2.05) is 56.7 Å². The number of methoxy groups -OCH3 is 1. The number of carboxylic acid groups (broad SMARTS) is 1. The second-order valence-corrected chi connectivity index (χ2v) is 7.48. The van der Waals surface area contributed by atoms with Crippen molar-refractivity contribution in [3.05, 3.63) is 47.7 Å². The van der Waals surface area contributed by atoms with E-state index in [4.69, 9.17) is 21.1 Å². The number of aliphatic carboxylic acids is 1. The molecule has 0 fully saturated rings. The highest BCUT2D eigenvalue weighted by Crippen LogP contribution is 2.39. The van der Waals surface area contributed by atoms with E-state index in [1.54, 1.807) is 13.4 Å². The van der Waals surface area contributed by atoms with Gasteiger partial charge in [0.2, 0.25) is 5.76 Å². The number of hydrogen-bond acceptors (Lipinski definition) is 4. The molecule has 27 heavy (non-hydrogen) atoms. The molecule has 0 unspecified atom stereocenters. The molecule has 146 valence electrons. The molecule has 0 saturated carbocycles. The number of halogens is 1. The van der Waals surface area contributed by atoms with Crippen LogP contribution in [-0.4, -0.2) is 40.2 Å². The lowest BCUT2D eigenvalue weighted by Gasteiger charge is -2.26. The molecule has 0 atom stereocenters. The summed E-state index contributed by atoms with van der Waals surface area (Å²) in [6, 6.07) is 5.56. The number of rotatable bonds is 7. The summed E-state index contributed by atoms with van der Waals surface area (Å²) >= 11 is 5.68. The molecule has 6 nitrogen and oxygen atoms in total. The molecule has 0 aliphatic carbocycles. The summed E-state index contributed by atoms with van der Waals surface area (Å²) in [5, 5.41) is 9.69. The van der Waals surface area contributed by atoms with Gasteiger partial charge >= 0.3 is 5.97 Å². The number of aryl methyl sites for hydroxylation is 1. The summed E-state index contributed by atoms with van der Waals surface area (Å²) in [5.41, 5.74) is 2.52. The summed E-state index contributed by atoms with van der Waals surface area (Å²) in [4.78, 5) is 16.1. The van der Waals surface area contributed by atoms with Crippen LogP contribution >= 0.6 is 11.6 Å². The molecule has 1 aromatic heterocycles. The van der Waals surface area contributed by atoms with Gasteiger partial charge in [-0.25, -0.2) is 9.78 Å². The Labute approximate surface area is 164 Å².